The molecule has 1 N–H and O–H groups in total. The first-order chi connectivity index (χ1) is 17.8. The van der Waals surface area contributed by atoms with Crippen molar-refractivity contribution in [2.45, 2.75) is 139 Å². The average Bonchev–Trinajstić information content (AvgIpc) is 2.87. The minimum atomic E-state index is -0.329. The molecule has 0 saturated heterocycles. The van der Waals surface area contributed by atoms with Crippen molar-refractivity contribution in [2.75, 3.05) is 6.61 Å². The number of esters is 1. The Morgan fingerprint density at radius 2 is 1.68 bits per heavy atom. The van der Waals surface area contributed by atoms with Crippen LogP contribution in [0.2, 0.25) is 0 Å². The number of allylic oxidation sites excluding steroid dienone is 2. The highest BCUT2D eigenvalue weighted by Gasteiger charge is 2.69. The quantitative estimate of drug-likeness (QED) is 0.221. The Labute approximate surface area is 233 Å². The molecule has 38 heavy (non-hydrogen) atoms. The molecule has 0 bridgehead atoms. The van der Waals surface area contributed by atoms with Gasteiger partial charge in [-0.1, -0.05) is 79.9 Å². The molecule has 216 valence electrons. The number of aliphatic hydroxyl groups excluding tert-OH is 1. The molecule has 5 rings (SSSR count). The van der Waals surface area contributed by atoms with Gasteiger partial charge in [-0.3, -0.25) is 4.79 Å². The topological polar surface area (TPSA) is 46.5 Å². The molecule has 0 aromatic rings. The van der Waals surface area contributed by atoms with Gasteiger partial charge < -0.3 is 9.84 Å². The molecule has 0 spiro atoms. The van der Waals surface area contributed by atoms with Crippen LogP contribution in [0, 0.1) is 56.7 Å². The van der Waals surface area contributed by atoms with Crippen LogP contribution in [0.1, 0.15) is 132 Å². The molecule has 4 fully saturated rings. The minimum Gasteiger partial charge on any atom is -0.465 e. The molecule has 0 aromatic heterocycles. The van der Waals surface area contributed by atoms with E-state index in [2.05, 4.69) is 61.5 Å². The third-order valence-corrected chi connectivity index (χ3v) is 14.4. The number of unbranched alkanes of at least 4 members (excludes halogenated alkanes) is 2. The number of hydrogen-bond donors (Lipinski definition) is 1. The summed E-state index contributed by atoms with van der Waals surface area (Å²) in [5.41, 5.74) is 1.91. The van der Waals surface area contributed by atoms with Crippen LogP contribution in [0.3, 0.4) is 0 Å². The molecular formula is C35H58O3. The Morgan fingerprint density at radius 1 is 0.947 bits per heavy atom. The number of fused-ring (bicyclic) bond motifs is 7. The maximum absolute atomic E-state index is 14.0. The van der Waals surface area contributed by atoms with Crippen LogP contribution >= 0.6 is 0 Å². The van der Waals surface area contributed by atoms with Crippen molar-refractivity contribution in [1.29, 1.82) is 0 Å². The molecule has 5 aliphatic carbocycles. The van der Waals surface area contributed by atoms with Crippen LogP contribution in [0.15, 0.2) is 11.6 Å². The average molecular weight is 527 g/mol. The molecule has 5 aliphatic rings. The van der Waals surface area contributed by atoms with E-state index in [1.165, 1.54) is 12.8 Å². The van der Waals surface area contributed by atoms with Gasteiger partial charge in [0.25, 0.3) is 0 Å². The Morgan fingerprint density at radius 3 is 2.39 bits per heavy atom. The van der Waals surface area contributed by atoms with Gasteiger partial charge in [-0.15, -0.1) is 0 Å². The van der Waals surface area contributed by atoms with Crippen molar-refractivity contribution in [3.05, 3.63) is 11.6 Å². The Kier molecular flexibility index (Phi) is 7.27. The summed E-state index contributed by atoms with van der Waals surface area (Å²) in [5, 5.41) is 11.0. The number of aliphatic hydroxyl groups is 1. The summed E-state index contributed by atoms with van der Waals surface area (Å²) >= 11 is 0. The van der Waals surface area contributed by atoms with Gasteiger partial charge in [0.05, 0.1) is 18.1 Å². The van der Waals surface area contributed by atoms with E-state index in [1.54, 1.807) is 5.57 Å². The second-order valence-corrected chi connectivity index (χ2v) is 16.0. The van der Waals surface area contributed by atoms with Gasteiger partial charge in [0.2, 0.25) is 0 Å². The molecule has 0 amide bonds. The Bertz CT molecular complexity index is 951. The van der Waals surface area contributed by atoms with Crippen LogP contribution in [-0.2, 0) is 9.53 Å². The molecule has 3 nitrogen and oxygen atoms in total. The summed E-state index contributed by atoms with van der Waals surface area (Å²) < 4.78 is 6.10. The standard InChI is InChI=1S/C35H58O3/c1-9-10-11-22-38-30(37)35-19-14-23(2)24(3)29(35)25-12-13-27-32(6)17-16-28(36)31(4,5)26(32)15-18-34(27,8)33(25,7)20-21-35/h12,23-24,26-29,36H,9-11,13-22H2,1-8H3/t23-,24+,26?,27-,28+,29+,32+,33-,34-,35+/m1/s1. The Hall–Kier alpha value is -0.830. The first kappa shape index (κ1) is 28.7. The molecule has 3 heteroatoms. The molecule has 4 saturated carbocycles. The van der Waals surface area contributed by atoms with E-state index in [1.807, 2.05) is 0 Å². The van der Waals surface area contributed by atoms with Gasteiger partial charge in [-0.2, -0.15) is 0 Å². The normalized spacial score (nSPS) is 49.6. The molecule has 0 aromatic carbocycles. The highest BCUT2D eigenvalue weighted by molar-refractivity contribution is 5.79. The summed E-state index contributed by atoms with van der Waals surface area (Å²) in [6, 6.07) is 0. The van der Waals surface area contributed by atoms with Gasteiger partial charge in [-0.25, -0.2) is 0 Å². The van der Waals surface area contributed by atoms with Gasteiger partial charge in [-0.05, 0) is 115 Å². The summed E-state index contributed by atoms with van der Waals surface area (Å²) in [7, 11) is 0. The smallest absolute Gasteiger partial charge is 0.312 e. The summed E-state index contributed by atoms with van der Waals surface area (Å²) in [4.78, 5) is 14.0. The van der Waals surface area contributed by atoms with Crippen LogP contribution in [0.4, 0.5) is 0 Å². The fraction of sp³-hybridized carbons (Fsp3) is 0.914. The van der Waals surface area contributed by atoms with Gasteiger partial charge >= 0.3 is 5.97 Å². The number of hydrogen-bond acceptors (Lipinski definition) is 3. The predicted molar refractivity (Wildman–Crippen MR) is 155 cm³/mol. The van der Waals surface area contributed by atoms with E-state index in [0.29, 0.717) is 36.2 Å². The molecule has 0 radical (unpaired) electrons. The lowest BCUT2D eigenvalue weighted by atomic mass is 9.33. The van der Waals surface area contributed by atoms with Crippen molar-refractivity contribution < 1.29 is 14.6 Å². The van der Waals surface area contributed by atoms with Crippen molar-refractivity contribution in [2.24, 2.45) is 56.7 Å². The summed E-state index contributed by atoms with van der Waals surface area (Å²) in [6.45, 7) is 20.1. The number of rotatable bonds is 5. The van der Waals surface area contributed by atoms with E-state index in [9.17, 15) is 9.90 Å². The minimum absolute atomic E-state index is 0.0181. The molecule has 1 unspecified atom stereocenters. The monoisotopic (exact) mass is 526 g/mol. The van der Waals surface area contributed by atoms with Crippen molar-refractivity contribution >= 4 is 5.97 Å². The van der Waals surface area contributed by atoms with Crippen molar-refractivity contribution in [1.82, 2.24) is 0 Å². The van der Waals surface area contributed by atoms with Crippen LogP contribution < -0.4 is 0 Å². The second kappa shape index (κ2) is 9.63. The van der Waals surface area contributed by atoms with E-state index in [0.717, 1.165) is 64.2 Å². The maximum Gasteiger partial charge on any atom is 0.312 e. The zero-order valence-electron chi connectivity index (χ0n) is 26.0. The second-order valence-electron chi connectivity index (χ2n) is 16.0. The number of carbonyl (C=O) groups excluding carboxylic acids is 1. The fourth-order valence-corrected chi connectivity index (χ4v) is 11.5. The zero-order chi connectivity index (χ0) is 27.7. The van der Waals surface area contributed by atoms with E-state index < -0.39 is 0 Å². The third kappa shape index (κ3) is 3.78. The SMILES string of the molecule is CCCCCOC(=O)[C@]12CC[C@@H](C)[C@H](C)[C@H]1C1=CC[C@@H]3[C@@]4(C)CC[C@H](O)C(C)(C)C4CC[C@@]3(C)[C@]1(C)CC2. The highest BCUT2D eigenvalue weighted by atomic mass is 16.5. The largest absolute Gasteiger partial charge is 0.465 e. The molecule has 0 heterocycles. The van der Waals surface area contributed by atoms with Crippen molar-refractivity contribution in [3.63, 3.8) is 0 Å². The first-order valence-corrected chi connectivity index (χ1v) is 16.4. The summed E-state index contributed by atoms with van der Waals surface area (Å²) in [6.07, 6.45) is 15.7. The highest BCUT2D eigenvalue weighted by Crippen LogP contribution is 2.75. The zero-order valence-corrected chi connectivity index (χ0v) is 26.0. The fourth-order valence-electron chi connectivity index (χ4n) is 11.5. The lowest BCUT2D eigenvalue weighted by Crippen LogP contribution is -2.65. The first-order valence-electron chi connectivity index (χ1n) is 16.4. The number of carbonyl (C=O) groups is 1. The molecule has 10 atom stereocenters. The maximum atomic E-state index is 14.0. The van der Waals surface area contributed by atoms with Crippen LogP contribution in [0.25, 0.3) is 0 Å². The Balaban J connectivity index is 1.53. The summed E-state index contributed by atoms with van der Waals surface area (Å²) in [5.74, 6) is 2.80. The lowest BCUT2D eigenvalue weighted by Gasteiger charge is -2.71. The van der Waals surface area contributed by atoms with Crippen LogP contribution in [0.5, 0.6) is 0 Å². The lowest BCUT2D eigenvalue weighted by molar-refractivity contribution is -0.207. The third-order valence-electron chi connectivity index (χ3n) is 14.4. The van der Waals surface area contributed by atoms with Gasteiger partial charge in [0.1, 0.15) is 0 Å². The van der Waals surface area contributed by atoms with Crippen molar-refractivity contribution in [3.8, 4) is 0 Å². The van der Waals surface area contributed by atoms with Gasteiger partial charge in [0, 0.05) is 0 Å². The van der Waals surface area contributed by atoms with E-state index in [4.69, 9.17) is 4.74 Å². The van der Waals surface area contributed by atoms with E-state index in [-0.39, 0.29) is 39.1 Å². The molecular weight excluding hydrogens is 468 g/mol. The van der Waals surface area contributed by atoms with Gasteiger partial charge in [0.15, 0.2) is 0 Å². The van der Waals surface area contributed by atoms with E-state index >= 15 is 0 Å². The van der Waals surface area contributed by atoms with Crippen LogP contribution in [-0.4, -0.2) is 23.8 Å². The molecule has 0 aliphatic heterocycles. The predicted octanol–water partition coefficient (Wildman–Crippen LogP) is 8.74. The number of ether oxygens (including phenoxy) is 1.